The highest BCUT2D eigenvalue weighted by Crippen LogP contribution is 2.34. The Morgan fingerprint density at radius 2 is 1.75 bits per heavy atom. The molecule has 1 unspecified atom stereocenters. The Morgan fingerprint density at radius 1 is 1.08 bits per heavy atom. The van der Waals surface area contributed by atoms with Crippen LogP contribution >= 0.6 is 11.8 Å². The van der Waals surface area contributed by atoms with Crippen molar-refractivity contribution >= 4 is 29.3 Å². The first kappa shape index (κ1) is 25.5. The largest absolute Gasteiger partial charge is 0.460 e. The molecule has 1 aromatic carbocycles. The molecule has 0 spiro atoms. The van der Waals surface area contributed by atoms with Gasteiger partial charge in [0.15, 0.2) is 0 Å². The Kier molecular flexibility index (Phi) is 8.74. The number of amides is 2. The van der Waals surface area contributed by atoms with Crippen molar-refractivity contribution in [1.29, 1.82) is 0 Å². The first-order valence-corrected chi connectivity index (χ1v) is 12.3. The zero-order valence-corrected chi connectivity index (χ0v) is 20.5. The van der Waals surface area contributed by atoms with Gasteiger partial charge in [-0.05, 0) is 12.1 Å². The van der Waals surface area contributed by atoms with E-state index in [9.17, 15) is 9.59 Å². The predicted molar refractivity (Wildman–Crippen MR) is 133 cm³/mol. The molecule has 0 saturated carbocycles. The van der Waals surface area contributed by atoms with Crippen molar-refractivity contribution in [3.05, 3.63) is 49.6 Å². The number of carbonyl (C=O) groups is 2. The van der Waals surface area contributed by atoms with Crippen molar-refractivity contribution in [3.8, 4) is 18.0 Å². The van der Waals surface area contributed by atoms with Crippen molar-refractivity contribution in [1.82, 2.24) is 19.9 Å². The van der Waals surface area contributed by atoms with Crippen LogP contribution in [0.25, 0.3) is 0 Å². The number of carbonyl (C=O) groups excluding carboxylic acids is 2. The third-order valence-corrected chi connectivity index (χ3v) is 6.27. The fourth-order valence-electron chi connectivity index (χ4n) is 3.56. The topological polar surface area (TPSA) is 116 Å². The molecule has 1 fully saturated rings. The molecule has 190 valence electrons. The van der Waals surface area contributed by atoms with Gasteiger partial charge in [-0.25, -0.2) is 0 Å². The van der Waals surface area contributed by atoms with Crippen molar-refractivity contribution in [2.24, 2.45) is 0 Å². The maximum atomic E-state index is 13.1. The fraction of sp³-hybridized carbons (Fsp3) is 0.375. The molecule has 2 aliphatic heterocycles. The summed E-state index contributed by atoms with van der Waals surface area (Å²) in [6.07, 6.45) is 2.71. The molecule has 11 nitrogen and oxygen atoms in total. The molecule has 2 aliphatic rings. The van der Waals surface area contributed by atoms with Gasteiger partial charge in [0.1, 0.15) is 32.5 Å². The standard InChI is InChI=1S/C24H27N5O6S/c1-3-10-33-22-25-23(34-11-4-2)27-24(26-22)35-15-17-13-28(9-12-32-17)20(30)14-29-18-7-5-6-8-19(18)36-16-21(29)31/h3-8,17H,1-2,9-16H2. The fourth-order valence-corrected chi connectivity index (χ4v) is 4.49. The van der Waals surface area contributed by atoms with E-state index >= 15 is 0 Å². The van der Waals surface area contributed by atoms with Crippen LogP contribution in [0.3, 0.4) is 0 Å². The van der Waals surface area contributed by atoms with Crippen LogP contribution in [-0.2, 0) is 14.3 Å². The molecule has 0 bridgehead atoms. The summed E-state index contributed by atoms with van der Waals surface area (Å²) in [5.74, 6) is 0.0741. The van der Waals surface area contributed by atoms with Crippen LogP contribution < -0.4 is 19.1 Å². The lowest BCUT2D eigenvalue weighted by molar-refractivity contribution is -0.139. The van der Waals surface area contributed by atoms with E-state index in [1.54, 1.807) is 22.0 Å². The number of nitrogens with zero attached hydrogens (tertiary/aromatic N) is 5. The van der Waals surface area contributed by atoms with E-state index in [2.05, 4.69) is 28.1 Å². The number of rotatable bonds is 11. The number of para-hydroxylation sites is 1. The zero-order valence-electron chi connectivity index (χ0n) is 19.7. The van der Waals surface area contributed by atoms with Crippen LogP contribution in [0.2, 0.25) is 0 Å². The molecule has 0 radical (unpaired) electrons. The lowest BCUT2D eigenvalue weighted by Gasteiger charge is -2.35. The molecule has 12 heteroatoms. The smallest absolute Gasteiger partial charge is 0.326 e. The SMILES string of the molecule is C=CCOc1nc(OCC=C)nc(OCC2CN(C(=O)CN3C(=O)CSc4ccccc43)CCO2)n1. The quantitative estimate of drug-likeness (QED) is 0.412. The van der Waals surface area contributed by atoms with Crippen LogP contribution in [0.15, 0.2) is 54.5 Å². The van der Waals surface area contributed by atoms with E-state index in [1.807, 2.05) is 24.3 Å². The number of hydrogen-bond acceptors (Lipinski definition) is 10. The van der Waals surface area contributed by atoms with Crippen molar-refractivity contribution in [2.75, 3.05) is 56.7 Å². The average Bonchev–Trinajstić information content (AvgIpc) is 2.91. The molecular weight excluding hydrogens is 486 g/mol. The summed E-state index contributed by atoms with van der Waals surface area (Å²) in [7, 11) is 0. The van der Waals surface area contributed by atoms with E-state index < -0.39 is 6.10 Å². The highest BCUT2D eigenvalue weighted by Gasteiger charge is 2.30. The number of fused-ring (bicyclic) bond motifs is 1. The molecule has 36 heavy (non-hydrogen) atoms. The summed E-state index contributed by atoms with van der Waals surface area (Å²) in [6, 6.07) is 7.66. The van der Waals surface area contributed by atoms with E-state index in [-0.39, 0.29) is 56.2 Å². The Bertz CT molecular complexity index is 1090. The summed E-state index contributed by atoms with van der Waals surface area (Å²) < 4.78 is 22.3. The van der Waals surface area contributed by atoms with Gasteiger partial charge in [-0.3, -0.25) is 9.59 Å². The van der Waals surface area contributed by atoms with E-state index in [4.69, 9.17) is 18.9 Å². The van der Waals surface area contributed by atoms with Crippen molar-refractivity contribution in [3.63, 3.8) is 0 Å². The van der Waals surface area contributed by atoms with Crippen molar-refractivity contribution < 1.29 is 28.5 Å². The molecule has 2 aromatic rings. The van der Waals surface area contributed by atoms with Gasteiger partial charge in [-0.2, -0.15) is 0 Å². The molecular formula is C24H27N5O6S. The summed E-state index contributed by atoms with van der Waals surface area (Å²) in [6.45, 7) is 8.76. The highest BCUT2D eigenvalue weighted by atomic mass is 32.2. The summed E-state index contributed by atoms with van der Waals surface area (Å²) in [4.78, 5) is 42.1. The minimum Gasteiger partial charge on any atom is -0.460 e. The molecule has 0 N–H and O–H groups in total. The van der Waals surface area contributed by atoms with Crippen LogP contribution in [0.4, 0.5) is 5.69 Å². The Morgan fingerprint density at radius 3 is 2.44 bits per heavy atom. The van der Waals surface area contributed by atoms with Gasteiger partial charge in [-0.1, -0.05) is 37.4 Å². The number of thioether (sulfide) groups is 1. The second-order valence-electron chi connectivity index (χ2n) is 7.76. The second kappa shape index (κ2) is 12.4. The molecule has 2 amide bonds. The minimum atomic E-state index is -0.408. The number of anilines is 1. The molecule has 1 aromatic heterocycles. The first-order chi connectivity index (χ1) is 17.6. The second-order valence-corrected chi connectivity index (χ2v) is 8.78. The number of morpholine rings is 1. The number of aromatic nitrogens is 3. The van der Waals surface area contributed by atoms with Crippen LogP contribution in [0.1, 0.15) is 0 Å². The highest BCUT2D eigenvalue weighted by molar-refractivity contribution is 8.00. The van der Waals surface area contributed by atoms with Crippen LogP contribution in [-0.4, -0.2) is 89.6 Å². The molecule has 4 rings (SSSR count). The maximum Gasteiger partial charge on any atom is 0.326 e. The molecule has 0 aliphatic carbocycles. The van der Waals surface area contributed by atoms with Crippen LogP contribution in [0, 0.1) is 0 Å². The lowest BCUT2D eigenvalue weighted by atomic mass is 10.2. The summed E-state index contributed by atoms with van der Waals surface area (Å²) in [5.41, 5.74) is 0.763. The number of benzene rings is 1. The van der Waals surface area contributed by atoms with E-state index in [0.29, 0.717) is 25.4 Å². The third kappa shape index (κ3) is 6.52. The van der Waals surface area contributed by atoms with Crippen LogP contribution in [0.5, 0.6) is 18.0 Å². The van der Waals surface area contributed by atoms with Gasteiger partial charge >= 0.3 is 18.0 Å². The first-order valence-electron chi connectivity index (χ1n) is 11.3. The number of ether oxygens (including phenoxy) is 4. The molecule has 1 atom stereocenters. The molecule has 1 saturated heterocycles. The Labute approximate surface area is 213 Å². The Balaban J connectivity index is 1.36. The van der Waals surface area contributed by atoms with Crippen molar-refractivity contribution in [2.45, 2.75) is 11.0 Å². The summed E-state index contributed by atoms with van der Waals surface area (Å²) in [5, 5.41) is 0. The van der Waals surface area contributed by atoms with Gasteiger partial charge in [-0.15, -0.1) is 26.7 Å². The third-order valence-electron chi connectivity index (χ3n) is 5.23. The lowest BCUT2D eigenvalue weighted by Crippen LogP contribution is -2.51. The van der Waals surface area contributed by atoms with E-state index in [0.717, 1.165) is 10.6 Å². The van der Waals surface area contributed by atoms with Gasteiger partial charge in [0.25, 0.3) is 0 Å². The van der Waals surface area contributed by atoms with Gasteiger partial charge in [0, 0.05) is 11.4 Å². The monoisotopic (exact) mass is 513 g/mol. The van der Waals surface area contributed by atoms with Gasteiger partial charge in [0.2, 0.25) is 11.8 Å². The van der Waals surface area contributed by atoms with E-state index in [1.165, 1.54) is 11.8 Å². The maximum absolute atomic E-state index is 13.1. The normalized spacial score (nSPS) is 17.2. The Hall–Kier alpha value is -3.64. The average molecular weight is 514 g/mol. The summed E-state index contributed by atoms with van der Waals surface area (Å²) >= 11 is 1.48. The van der Waals surface area contributed by atoms with Gasteiger partial charge in [0.05, 0.1) is 24.6 Å². The van der Waals surface area contributed by atoms with Gasteiger partial charge < -0.3 is 28.7 Å². The minimum absolute atomic E-state index is 0.00296. The zero-order chi connectivity index (χ0) is 25.3. The number of hydrogen-bond donors (Lipinski definition) is 0. The molecule has 3 heterocycles. The predicted octanol–water partition coefficient (Wildman–Crippen LogP) is 1.75.